The fraction of sp³-hybridized carbons (Fsp3) is 0.304. The SMILES string of the molecule is COc1cc(/C=C(/C#N)C(=O)NC[C@H]2CCCO2)ccc1OCc1ccc([N+](=O)[O-])cc1. The van der Waals surface area contributed by atoms with Crippen LogP contribution in [-0.2, 0) is 16.1 Å². The van der Waals surface area contributed by atoms with Gasteiger partial charge in [0.25, 0.3) is 11.6 Å². The highest BCUT2D eigenvalue weighted by Crippen LogP contribution is 2.30. The smallest absolute Gasteiger partial charge is 0.269 e. The minimum Gasteiger partial charge on any atom is -0.493 e. The number of nitrogens with one attached hydrogen (secondary N) is 1. The Kier molecular flexibility index (Phi) is 7.78. The van der Waals surface area contributed by atoms with E-state index in [1.54, 1.807) is 30.3 Å². The van der Waals surface area contributed by atoms with Crippen molar-refractivity contribution in [1.29, 1.82) is 5.26 Å². The van der Waals surface area contributed by atoms with Gasteiger partial charge in [-0.05, 0) is 54.3 Å². The zero-order valence-corrected chi connectivity index (χ0v) is 17.6. The second kappa shape index (κ2) is 10.9. The minimum atomic E-state index is -0.460. The number of methoxy groups -OCH3 is 1. The van der Waals surface area contributed by atoms with Gasteiger partial charge in [-0.3, -0.25) is 14.9 Å². The lowest BCUT2D eigenvalue weighted by Crippen LogP contribution is -2.32. The van der Waals surface area contributed by atoms with E-state index in [0.717, 1.165) is 18.4 Å². The molecule has 2 aromatic rings. The maximum absolute atomic E-state index is 12.3. The van der Waals surface area contributed by atoms with Crippen LogP contribution >= 0.6 is 0 Å². The van der Waals surface area contributed by atoms with Gasteiger partial charge in [-0.2, -0.15) is 5.26 Å². The molecule has 3 rings (SSSR count). The lowest BCUT2D eigenvalue weighted by molar-refractivity contribution is -0.384. The summed E-state index contributed by atoms with van der Waals surface area (Å²) in [6.07, 6.45) is 3.34. The number of rotatable bonds is 9. The van der Waals surface area contributed by atoms with Gasteiger partial charge >= 0.3 is 0 Å². The first-order valence-electron chi connectivity index (χ1n) is 10.1. The molecule has 0 radical (unpaired) electrons. The van der Waals surface area contributed by atoms with E-state index in [1.807, 2.05) is 6.07 Å². The number of carbonyl (C=O) groups is 1. The summed E-state index contributed by atoms with van der Waals surface area (Å²) in [6.45, 7) is 1.26. The second-order valence-corrected chi connectivity index (χ2v) is 7.14. The molecule has 0 aliphatic carbocycles. The van der Waals surface area contributed by atoms with E-state index >= 15 is 0 Å². The monoisotopic (exact) mass is 437 g/mol. The van der Waals surface area contributed by atoms with E-state index in [4.69, 9.17) is 14.2 Å². The van der Waals surface area contributed by atoms with E-state index < -0.39 is 10.8 Å². The first kappa shape index (κ1) is 22.8. The molecule has 1 aliphatic rings. The Morgan fingerprint density at radius 1 is 1.31 bits per heavy atom. The molecule has 1 atom stereocenters. The number of benzene rings is 2. The van der Waals surface area contributed by atoms with Crippen molar-refractivity contribution >= 4 is 17.7 Å². The average molecular weight is 437 g/mol. The van der Waals surface area contributed by atoms with Gasteiger partial charge in [0, 0.05) is 25.3 Å². The largest absolute Gasteiger partial charge is 0.493 e. The Hall–Kier alpha value is -3.90. The number of nitrogens with zero attached hydrogens (tertiary/aromatic N) is 2. The van der Waals surface area contributed by atoms with Crippen molar-refractivity contribution in [2.24, 2.45) is 0 Å². The average Bonchev–Trinajstić information content (AvgIpc) is 3.34. The summed E-state index contributed by atoms with van der Waals surface area (Å²) >= 11 is 0. The predicted molar refractivity (Wildman–Crippen MR) is 116 cm³/mol. The van der Waals surface area contributed by atoms with Crippen LogP contribution in [0.1, 0.15) is 24.0 Å². The van der Waals surface area contributed by atoms with Gasteiger partial charge in [-0.15, -0.1) is 0 Å². The molecule has 166 valence electrons. The fourth-order valence-corrected chi connectivity index (χ4v) is 3.19. The van der Waals surface area contributed by atoms with E-state index in [9.17, 15) is 20.2 Å². The van der Waals surface area contributed by atoms with Gasteiger partial charge < -0.3 is 19.5 Å². The van der Waals surface area contributed by atoms with Crippen LogP contribution in [0, 0.1) is 21.4 Å². The van der Waals surface area contributed by atoms with Gasteiger partial charge in [-0.1, -0.05) is 6.07 Å². The zero-order valence-electron chi connectivity index (χ0n) is 17.6. The van der Waals surface area contributed by atoms with Crippen LogP contribution in [-0.4, -0.2) is 37.2 Å². The van der Waals surface area contributed by atoms with Crippen molar-refractivity contribution in [3.05, 3.63) is 69.3 Å². The molecule has 1 heterocycles. The lowest BCUT2D eigenvalue weighted by atomic mass is 10.1. The highest BCUT2D eigenvalue weighted by atomic mass is 16.6. The fourth-order valence-electron chi connectivity index (χ4n) is 3.19. The molecule has 0 spiro atoms. The van der Waals surface area contributed by atoms with Gasteiger partial charge in [-0.25, -0.2) is 0 Å². The van der Waals surface area contributed by atoms with E-state index in [1.165, 1.54) is 25.3 Å². The maximum atomic E-state index is 12.3. The number of hydrogen-bond donors (Lipinski definition) is 1. The molecule has 2 aromatic carbocycles. The van der Waals surface area contributed by atoms with Crippen molar-refractivity contribution in [3.63, 3.8) is 0 Å². The van der Waals surface area contributed by atoms with Gasteiger partial charge in [0.15, 0.2) is 11.5 Å². The van der Waals surface area contributed by atoms with Crippen molar-refractivity contribution in [2.45, 2.75) is 25.6 Å². The number of nitro groups is 1. The summed E-state index contributed by atoms with van der Waals surface area (Å²) in [5, 5.41) is 22.9. The van der Waals surface area contributed by atoms with Crippen LogP contribution in [0.25, 0.3) is 6.08 Å². The normalized spacial score (nSPS) is 15.6. The number of ether oxygens (including phenoxy) is 3. The molecule has 32 heavy (non-hydrogen) atoms. The summed E-state index contributed by atoms with van der Waals surface area (Å²) in [6, 6.07) is 13.0. The van der Waals surface area contributed by atoms with Crippen LogP contribution in [0.4, 0.5) is 5.69 Å². The summed E-state index contributed by atoms with van der Waals surface area (Å²) in [7, 11) is 1.49. The molecule has 9 nitrogen and oxygen atoms in total. The first-order chi connectivity index (χ1) is 15.5. The molecule has 1 N–H and O–H groups in total. The molecular weight excluding hydrogens is 414 g/mol. The van der Waals surface area contributed by atoms with Crippen LogP contribution in [0.5, 0.6) is 11.5 Å². The molecule has 0 saturated carbocycles. The number of nitro benzene ring substituents is 1. The molecule has 0 bridgehead atoms. The van der Waals surface area contributed by atoms with Crippen molar-refractivity contribution < 1.29 is 23.9 Å². The summed E-state index contributed by atoms with van der Waals surface area (Å²) in [5.74, 6) is 0.433. The molecule has 1 saturated heterocycles. The van der Waals surface area contributed by atoms with Gasteiger partial charge in [0.05, 0.1) is 18.1 Å². The molecule has 1 amide bonds. The van der Waals surface area contributed by atoms with Crippen LogP contribution in [0.3, 0.4) is 0 Å². The standard InChI is InChI=1S/C23H23N3O6/c1-30-22-12-17(11-18(13-24)23(27)25-14-20-3-2-10-31-20)6-9-21(22)32-15-16-4-7-19(8-5-16)26(28)29/h4-9,11-12,20H,2-3,10,14-15H2,1H3,(H,25,27)/b18-11-/t20-/m1/s1. The summed E-state index contributed by atoms with van der Waals surface area (Å²) in [5.41, 5.74) is 1.35. The quantitative estimate of drug-likeness (QED) is 0.276. The first-order valence-corrected chi connectivity index (χ1v) is 10.1. The third-order valence-electron chi connectivity index (χ3n) is 4.92. The van der Waals surface area contributed by atoms with Crippen LogP contribution in [0.2, 0.25) is 0 Å². The van der Waals surface area contributed by atoms with E-state index in [2.05, 4.69) is 5.32 Å². The Morgan fingerprint density at radius 3 is 2.72 bits per heavy atom. The van der Waals surface area contributed by atoms with Crippen molar-refractivity contribution in [3.8, 4) is 17.6 Å². The number of nitriles is 1. The molecular formula is C23H23N3O6. The minimum absolute atomic E-state index is 0.00818. The summed E-state index contributed by atoms with van der Waals surface area (Å²) in [4.78, 5) is 22.6. The predicted octanol–water partition coefficient (Wildman–Crippen LogP) is 3.38. The highest BCUT2D eigenvalue weighted by molar-refractivity contribution is 6.01. The lowest BCUT2D eigenvalue weighted by Gasteiger charge is -2.12. The van der Waals surface area contributed by atoms with Crippen LogP contribution in [0.15, 0.2) is 48.0 Å². The van der Waals surface area contributed by atoms with Crippen molar-refractivity contribution in [1.82, 2.24) is 5.32 Å². The third-order valence-corrected chi connectivity index (χ3v) is 4.92. The Bertz CT molecular complexity index is 1040. The number of amides is 1. The zero-order chi connectivity index (χ0) is 22.9. The van der Waals surface area contributed by atoms with E-state index in [-0.39, 0.29) is 24.0 Å². The summed E-state index contributed by atoms with van der Waals surface area (Å²) < 4.78 is 16.6. The number of non-ortho nitro benzene ring substituents is 1. The van der Waals surface area contributed by atoms with E-state index in [0.29, 0.717) is 30.2 Å². The van der Waals surface area contributed by atoms with Crippen LogP contribution < -0.4 is 14.8 Å². The molecule has 1 fully saturated rings. The van der Waals surface area contributed by atoms with Gasteiger partial charge in [0.2, 0.25) is 0 Å². The maximum Gasteiger partial charge on any atom is 0.269 e. The Labute approximate surface area is 185 Å². The Balaban J connectivity index is 1.65. The van der Waals surface area contributed by atoms with Crippen molar-refractivity contribution in [2.75, 3.05) is 20.3 Å². The molecule has 1 aliphatic heterocycles. The molecule has 0 aromatic heterocycles. The van der Waals surface area contributed by atoms with Gasteiger partial charge in [0.1, 0.15) is 18.2 Å². The Morgan fingerprint density at radius 2 is 2.09 bits per heavy atom. The third kappa shape index (κ3) is 6.06. The molecule has 9 heteroatoms. The molecule has 0 unspecified atom stereocenters. The highest BCUT2D eigenvalue weighted by Gasteiger charge is 2.18. The number of carbonyl (C=O) groups excluding carboxylic acids is 1. The number of hydrogen-bond acceptors (Lipinski definition) is 7. The second-order valence-electron chi connectivity index (χ2n) is 7.14. The topological polar surface area (TPSA) is 124 Å².